The van der Waals surface area contributed by atoms with Crippen LogP contribution >= 0.6 is 11.8 Å². The van der Waals surface area contributed by atoms with Crippen LogP contribution in [0.25, 0.3) is 0 Å². The number of halogens is 1. The summed E-state index contributed by atoms with van der Waals surface area (Å²) in [4.78, 5) is 11.8. The molecule has 1 aromatic rings. The average Bonchev–Trinajstić information content (AvgIpc) is 2.91. The quantitative estimate of drug-likeness (QED) is 0.717. The fourth-order valence-corrected chi connectivity index (χ4v) is 2.98. The molecule has 0 spiro atoms. The first-order chi connectivity index (χ1) is 8.18. The largest absolute Gasteiger partial charge is 0.294 e. The zero-order valence-corrected chi connectivity index (χ0v) is 10.4. The molecule has 1 fully saturated rings. The topological polar surface area (TPSA) is 52.2 Å². The lowest BCUT2D eigenvalue weighted by Gasteiger charge is -2.22. The van der Waals surface area contributed by atoms with Crippen molar-refractivity contribution in [2.75, 3.05) is 11.1 Å². The van der Waals surface area contributed by atoms with E-state index in [1.807, 2.05) is 0 Å². The second kappa shape index (κ2) is 3.91. The van der Waals surface area contributed by atoms with E-state index in [1.165, 1.54) is 17.3 Å². The normalized spacial score (nSPS) is 20.6. The Morgan fingerprint density at radius 3 is 2.76 bits per heavy atom. The SMILES string of the molecule is Cn1nc(C2CCCC2)c2c1C(=O)[N]CN2Cl. The molecule has 1 aromatic heterocycles. The van der Waals surface area contributed by atoms with Crippen LogP contribution in [0.3, 0.4) is 0 Å². The number of aromatic nitrogens is 2. The van der Waals surface area contributed by atoms with Crippen LogP contribution in [0, 0.1) is 0 Å². The Kier molecular flexibility index (Phi) is 2.50. The molecule has 2 aliphatic rings. The molecule has 1 amide bonds. The number of fused-ring (bicyclic) bond motifs is 1. The first-order valence-electron chi connectivity index (χ1n) is 5.90. The standard InChI is InChI=1S/C11H14ClN4O/c1-15-10-9(16(12)6-13-11(10)17)8(14-15)7-4-2-3-5-7/h7H,2-6H2,1H3. The van der Waals surface area contributed by atoms with Crippen molar-refractivity contribution < 1.29 is 4.79 Å². The lowest BCUT2D eigenvalue weighted by atomic mass is 10.0. The van der Waals surface area contributed by atoms with Gasteiger partial charge in [0.05, 0.1) is 5.69 Å². The van der Waals surface area contributed by atoms with Gasteiger partial charge in [0.15, 0.2) is 5.69 Å². The number of amides is 1. The molecule has 1 radical (unpaired) electrons. The molecule has 5 nitrogen and oxygen atoms in total. The number of hydrogen-bond donors (Lipinski definition) is 0. The van der Waals surface area contributed by atoms with Gasteiger partial charge >= 0.3 is 0 Å². The van der Waals surface area contributed by atoms with E-state index in [4.69, 9.17) is 11.8 Å². The highest BCUT2D eigenvalue weighted by molar-refractivity contribution is 6.28. The molecule has 1 saturated carbocycles. The summed E-state index contributed by atoms with van der Waals surface area (Å²) in [7, 11) is 1.78. The van der Waals surface area contributed by atoms with Crippen molar-refractivity contribution in [3.8, 4) is 0 Å². The van der Waals surface area contributed by atoms with Crippen molar-refractivity contribution >= 4 is 23.4 Å². The molecule has 91 valence electrons. The molecule has 0 atom stereocenters. The molecule has 3 rings (SSSR count). The number of anilines is 1. The van der Waals surface area contributed by atoms with E-state index < -0.39 is 0 Å². The minimum atomic E-state index is -0.212. The summed E-state index contributed by atoms with van der Waals surface area (Å²) in [6.45, 7) is 0.221. The molecule has 0 unspecified atom stereocenters. The van der Waals surface area contributed by atoms with Gasteiger partial charge in [0.2, 0.25) is 0 Å². The van der Waals surface area contributed by atoms with E-state index >= 15 is 0 Å². The van der Waals surface area contributed by atoms with Crippen molar-refractivity contribution in [2.24, 2.45) is 7.05 Å². The van der Waals surface area contributed by atoms with Crippen LogP contribution < -0.4 is 9.74 Å². The number of carbonyl (C=O) groups excluding carboxylic acids is 1. The third-order valence-electron chi connectivity index (χ3n) is 3.57. The predicted molar refractivity (Wildman–Crippen MR) is 64.1 cm³/mol. The Bertz CT molecular complexity index is 464. The van der Waals surface area contributed by atoms with Crippen LogP contribution in [0.5, 0.6) is 0 Å². The Hall–Kier alpha value is -1.23. The van der Waals surface area contributed by atoms with Crippen LogP contribution in [-0.2, 0) is 7.05 Å². The van der Waals surface area contributed by atoms with E-state index in [1.54, 1.807) is 11.7 Å². The van der Waals surface area contributed by atoms with Gasteiger partial charge in [-0.1, -0.05) is 12.8 Å². The lowest BCUT2D eigenvalue weighted by molar-refractivity contribution is 0.0936. The summed E-state index contributed by atoms with van der Waals surface area (Å²) in [5.74, 6) is 0.230. The predicted octanol–water partition coefficient (Wildman–Crippen LogP) is 1.75. The molecule has 0 aromatic carbocycles. The third-order valence-corrected chi connectivity index (χ3v) is 3.85. The number of carbonyl (C=O) groups is 1. The average molecular weight is 254 g/mol. The maximum Gasteiger partial charge on any atom is 0.294 e. The van der Waals surface area contributed by atoms with Gasteiger partial charge in [0.1, 0.15) is 12.4 Å². The van der Waals surface area contributed by atoms with E-state index in [0.717, 1.165) is 24.2 Å². The van der Waals surface area contributed by atoms with Gasteiger partial charge in [0, 0.05) is 24.7 Å². The van der Waals surface area contributed by atoms with Crippen LogP contribution in [0.2, 0.25) is 0 Å². The summed E-state index contributed by atoms with van der Waals surface area (Å²) in [6.07, 6.45) is 4.74. The van der Waals surface area contributed by atoms with Crippen molar-refractivity contribution in [1.82, 2.24) is 15.1 Å². The van der Waals surface area contributed by atoms with E-state index in [0.29, 0.717) is 11.6 Å². The molecular formula is C11H14ClN4O. The molecule has 2 heterocycles. The smallest absolute Gasteiger partial charge is 0.265 e. The zero-order valence-electron chi connectivity index (χ0n) is 9.69. The molecular weight excluding hydrogens is 240 g/mol. The van der Waals surface area contributed by atoms with E-state index in [2.05, 4.69) is 10.4 Å². The van der Waals surface area contributed by atoms with Gasteiger partial charge in [-0.3, -0.25) is 13.9 Å². The second-order valence-corrected chi connectivity index (χ2v) is 5.06. The van der Waals surface area contributed by atoms with Crippen LogP contribution in [0.4, 0.5) is 5.69 Å². The summed E-state index contributed by atoms with van der Waals surface area (Å²) < 4.78 is 3.13. The Morgan fingerprint density at radius 1 is 1.35 bits per heavy atom. The fourth-order valence-electron chi connectivity index (χ4n) is 2.76. The van der Waals surface area contributed by atoms with Gasteiger partial charge in [0.25, 0.3) is 5.91 Å². The third kappa shape index (κ3) is 1.60. The minimum absolute atomic E-state index is 0.212. The lowest BCUT2D eigenvalue weighted by Crippen LogP contribution is -2.34. The molecule has 0 bridgehead atoms. The highest BCUT2D eigenvalue weighted by Gasteiger charge is 2.34. The minimum Gasteiger partial charge on any atom is -0.265 e. The van der Waals surface area contributed by atoms with E-state index in [9.17, 15) is 4.79 Å². The van der Waals surface area contributed by atoms with Crippen LogP contribution in [0.15, 0.2) is 0 Å². The highest BCUT2D eigenvalue weighted by Crippen LogP contribution is 2.41. The number of rotatable bonds is 1. The molecule has 0 N–H and O–H groups in total. The number of hydrogen-bond acceptors (Lipinski definition) is 3. The Morgan fingerprint density at radius 2 is 2.06 bits per heavy atom. The molecule has 1 aliphatic heterocycles. The molecule has 1 aliphatic carbocycles. The maximum absolute atomic E-state index is 11.8. The van der Waals surface area contributed by atoms with Crippen LogP contribution in [0.1, 0.15) is 47.8 Å². The van der Waals surface area contributed by atoms with Gasteiger partial charge in [-0.05, 0) is 12.8 Å². The van der Waals surface area contributed by atoms with Crippen molar-refractivity contribution in [2.45, 2.75) is 31.6 Å². The van der Waals surface area contributed by atoms with Gasteiger partial charge in [-0.15, -0.1) is 0 Å². The molecule has 17 heavy (non-hydrogen) atoms. The fraction of sp³-hybridized carbons (Fsp3) is 0.636. The van der Waals surface area contributed by atoms with Crippen molar-refractivity contribution in [1.29, 1.82) is 0 Å². The number of aryl methyl sites for hydroxylation is 1. The highest BCUT2D eigenvalue weighted by atomic mass is 35.5. The second-order valence-electron chi connectivity index (χ2n) is 4.65. The monoisotopic (exact) mass is 253 g/mol. The zero-order chi connectivity index (χ0) is 12.0. The summed E-state index contributed by atoms with van der Waals surface area (Å²) in [6, 6.07) is 0. The van der Waals surface area contributed by atoms with Crippen LogP contribution in [-0.4, -0.2) is 22.4 Å². The first kappa shape index (κ1) is 10.9. The Balaban J connectivity index is 2.10. The maximum atomic E-state index is 11.8. The summed E-state index contributed by atoms with van der Waals surface area (Å²) in [5, 5.41) is 8.33. The Labute approximate surface area is 105 Å². The van der Waals surface area contributed by atoms with Crippen molar-refractivity contribution in [3.05, 3.63) is 11.4 Å². The molecule has 0 saturated heterocycles. The number of nitrogens with zero attached hydrogens (tertiary/aromatic N) is 4. The van der Waals surface area contributed by atoms with E-state index in [-0.39, 0.29) is 12.6 Å². The van der Waals surface area contributed by atoms with Gasteiger partial charge in [-0.25, -0.2) is 5.32 Å². The van der Waals surface area contributed by atoms with Gasteiger partial charge < -0.3 is 0 Å². The molecule has 6 heteroatoms. The summed E-state index contributed by atoms with van der Waals surface area (Å²) in [5.41, 5.74) is 2.27. The van der Waals surface area contributed by atoms with Crippen molar-refractivity contribution in [3.63, 3.8) is 0 Å². The first-order valence-corrected chi connectivity index (χ1v) is 6.24. The summed E-state index contributed by atoms with van der Waals surface area (Å²) >= 11 is 6.14. The van der Waals surface area contributed by atoms with Gasteiger partial charge in [-0.2, -0.15) is 5.10 Å².